The summed E-state index contributed by atoms with van der Waals surface area (Å²) in [6, 6.07) is 25.2. The van der Waals surface area contributed by atoms with Gasteiger partial charge in [0, 0.05) is 13.0 Å². The molecule has 3 rings (SSSR count). The van der Waals surface area contributed by atoms with Crippen molar-refractivity contribution in [1.82, 2.24) is 10.6 Å². The number of ether oxygens (including phenoxy) is 1. The molecule has 0 radical (unpaired) electrons. The second kappa shape index (κ2) is 12.9. The molecule has 35 heavy (non-hydrogen) atoms. The fraction of sp³-hybridized carbons (Fsp3) is 0.222. The summed E-state index contributed by atoms with van der Waals surface area (Å²) in [5, 5.41) is 24.4. The van der Waals surface area contributed by atoms with Crippen molar-refractivity contribution in [1.29, 1.82) is 0 Å². The monoisotopic (exact) mass is 476 g/mol. The van der Waals surface area contributed by atoms with E-state index in [4.69, 9.17) is 4.74 Å². The Morgan fingerprint density at radius 3 is 2.03 bits per heavy atom. The zero-order valence-electron chi connectivity index (χ0n) is 19.1. The molecule has 4 N–H and O–H groups in total. The summed E-state index contributed by atoms with van der Waals surface area (Å²) in [6.07, 6.45) is -2.19. The first-order chi connectivity index (χ1) is 16.9. The molecule has 3 aromatic carbocycles. The van der Waals surface area contributed by atoms with Crippen LogP contribution in [0.1, 0.15) is 17.5 Å². The summed E-state index contributed by atoms with van der Waals surface area (Å²) in [5.74, 6) is -1.81. The third kappa shape index (κ3) is 8.60. The molecule has 0 aliphatic carbocycles. The molecule has 0 bridgehead atoms. The second-order valence-electron chi connectivity index (χ2n) is 8.03. The minimum atomic E-state index is -1.20. The molecule has 0 aromatic heterocycles. The first-order valence-corrected chi connectivity index (χ1v) is 11.2. The van der Waals surface area contributed by atoms with Crippen molar-refractivity contribution in [2.75, 3.05) is 6.54 Å². The Labute approximate surface area is 203 Å². The van der Waals surface area contributed by atoms with Gasteiger partial charge in [0.25, 0.3) is 0 Å². The smallest absolute Gasteiger partial charge is 0.407 e. The number of nitrogens with one attached hydrogen (secondary N) is 2. The van der Waals surface area contributed by atoms with Crippen molar-refractivity contribution in [2.45, 2.75) is 31.6 Å². The van der Waals surface area contributed by atoms with E-state index >= 15 is 0 Å². The summed E-state index contributed by atoms with van der Waals surface area (Å²) in [4.78, 5) is 35.7. The lowest BCUT2D eigenvalue weighted by molar-refractivity contribution is -0.142. The fourth-order valence-electron chi connectivity index (χ4n) is 3.41. The standard InChI is InChI=1S/C27H28N2O6/c30-23(17-28-27(34)35-18-20-7-3-1-4-8-20)16-25(31)29-24(26(32)33)15-19-11-13-22(14-12-19)21-9-5-2-6-10-21/h1-14,23-24,30H,15-18H2,(H,28,34)(H,29,31)(H,32,33)/t23-,24-/m1/s1. The Morgan fingerprint density at radius 2 is 1.40 bits per heavy atom. The van der Waals surface area contributed by atoms with E-state index in [9.17, 15) is 24.6 Å². The van der Waals surface area contributed by atoms with Gasteiger partial charge in [0.1, 0.15) is 12.6 Å². The van der Waals surface area contributed by atoms with E-state index < -0.39 is 30.1 Å². The average Bonchev–Trinajstić information content (AvgIpc) is 2.87. The Bertz CT molecular complexity index is 1100. The lowest BCUT2D eigenvalue weighted by Crippen LogP contribution is -2.44. The number of hydrogen-bond acceptors (Lipinski definition) is 5. The first kappa shape index (κ1) is 25.5. The van der Waals surface area contributed by atoms with E-state index in [-0.39, 0.29) is 26.0 Å². The molecule has 0 heterocycles. The van der Waals surface area contributed by atoms with Crippen LogP contribution in [0.3, 0.4) is 0 Å². The van der Waals surface area contributed by atoms with Crippen LogP contribution in [0.5, 0.6) is 0 Å². The molecule has 8 heteroatoms. The molecular formula is C27H28N2O6. The molecule has 0 saturated heterocycles. The van der Waals surface area contributed by atoms with Crippen molar-refractivity contribution < 1.29 is 29.3 Å². The Hall–Kier alpha value is -4.17. The summed E-state index contributed by atoms with van der Waals surface area (Å²) in [6.45, 7) is -0.129. The molecule has 3 aromatic rings. The number of aliphatic hydroxyl groups excluding tert-OH is 1. The molecule has 182 valence electrons. The SMILES string of the molecule is O=C(C[C@@H](O)CNC(=O)OCc1ccccc1)N[C@H](Cc1ccc(-c2ccccc2)cc1)C(=O)O. The van der Waals surface area contributed by atoms with Crippen LogP contribution in [0.25, 0.3) is 11.1 Å². The van der Waals surface area contributed by atoms with Gasteiger partial charge in [-0.3, -0.25) is 4.79 Å². The molecule has 0 unspecified atom stereocenters. The van der Waals surface area contributed by atoms with E-state index in [2.05, 4.69) is 10.6 Å². The molecular weight excluding hydrogens is 448 g/mol. The quantitative estimate of drug-likeness (QED) is 0.337. The van der Waals surface area contributed by atoms with Crippen LogP contribution in [-0.2, 0) is 27.4 Å². The van der Waals surface area contributed by atoms with Gasteiger partial charge in [0.05, 0.1) is 12.5 Å². The van der Waals surface area contributed by atoms with Crippen molar-refractivity contribution in [3.05, 3.63) is 96.1 Å². The Balaban J connectivity index is 1.43. The highest BCUT2D eigenvalue weighted by molar-refractivity contribution is 5.84. The van der Waals surface area contributed by atoms with Gasteiger partial charge in [-0.25, -0.2) is 9.59 Å². The van der Waals surface area contributed by atoms with Crippen molar-refractivity contribution in [3.63, 3.8) is 0 Å². The maximum atomic E-state index is 12.3. The maximum absolute atomic E-state index is 12.3. The van der Waals surface area contributed by atoms with Gasteiger partial charge in [0.2, 0.25) is 5.91 Å². The molecule has 0 aliphatic heterocycles. The number of hydrogen-bond donors (Lipinski definition) is 4. The third-order valence-electron chi connectivity index (χ3n) is 5.25. The number of aliphatic hydroxyl groups is 1. The Kier molecular flexibility index (Phi) is 9.39. The Morgan fingerprint density at radius 1 is 0.800 bits per heavy atom. The van der Waals surface area contributed by atoms with E-state index in [0.717, 1.165) is 22.3 Å². The van der Waals surface area contributed by atoms with E-state index in [1.807, 2.05) is 84.9 Å². The number of carbonyl (C=O) groups is 3. The van der Waals surface area contributed by atoms with Crippen molar-refractivity contribution in [2.24, 2.45) is 0 Å². The zero-order chi connectivity index (χ0) is 25.0. The normalized spacial score (nSPS) is 12.3. The van der Waals surface area contributed by atoms with Crippen LogP contribution in [0, 0.1) is 0 Å². The molecule has 8 nitrogen and oxygen atoms in total. The predicted molar refractivity (Wildman–Crippen MR) is 130 cm³/mol. The van der Waals surface area contributed by atoms with Crippen LogP contribution in [-0.4, -0.2) is 46.9 Å². The fourth-order valence-corrected chi connectivity index (χ4v) is 3.41. The number of rotatable bonds is 11. The highest BCUT2D eigenvalue weighted by atomic mass is 16.5. The number of benzene rings is 3. The predicted octanol–water partition coefficient (Wildman–Crippen LogP) is 3.14. The van der Waals surface area contributed by atoms with Crippen LogP contribution in [0.2, 0.25) is 0 Å². The third-order valence-corrected chi connectivity index (χ3v) is 5.25. The molecule has 0 aliphatic rings. The maximum Gasteiger partial charge on any atom is 0.407 e. The summed E-state index contributed by atoms with van der Waals surface area (Å²) in [7, 11) is 0. The largest absolute Gasteiger partial charge is 0.480 e. The van der Waals surface area contributed by atoms with Crippen LogP contribution < -0.4 is 10.6 Å². The lowest BCUT2D eigenvalue weighted by Gasteiger charge is -2.17. The van der Waals surface area contributed by atoms with Gasteiger partial charge < -0.3 is 25.6 Å². The van der Waals surface area contributed by atoms with Crippen LogP contribution >= 0.6 is 0 Å². The van der Waals surface area contributed by atoms with Crippen LogP contribution in [0.15, 0.2) is 84.9 Å². The van der Waals surface area contributed by atoms with Crippen molar-refractivity contribution >= 4 is 18.0 Å². The van der Waals surface area contributed by atoms with Gasteiger partial charge in [-0.2, -0.15) is 0 Å². The highest BCUT2D eigenvalue weighted by Crippen LogP contribution is 2.19. The van der Waals surface area contributed by atoms with E-state index in [0.29, 0.717) is 0 Å². The number of carboxylic acids is 1. The minimum absolute atomic E-state index is 0.0792. The summed E-state index contributed by atoms with van der Waals surface area (Å²) >= 11 is 0. The molecule has 2 atom stereocenters. The van der Waals surface area contributed by atoms with Gasteiger partial charge in [-0.05, 0) is 22.3 Å². The van der Waals surface area contributed by atoms with Gasteiger partial charge in [-0.1, -0.05) is 84.9 Å². The number of carbonyl (C=O) groups excluding carboxylic acids is 2. The van der Waals surface area contributed by atoms with Gasteiger partial charge >= 0.3 is 12.1 Å². The van der Waals surface area contributed by atoms with Gasteiger partial charge in [0.15, 0.2) is 0 Å². The number of alkyl carbamates (subject to hydrolysis) is 1. The minimum Gasteiger partial charge on any atom is -0.480 e. The summed E-state index contributed by atoms with van der Waals surface area (Å²) in [5.41, 5.74) is 3.62. The molecule has 2 amide bonds. The lowest BCUT2D eigenvalue weighted by atomic mass is 10.0. The number of aliphatic carboxylic acids is 1. The second-order valence-corrected chi connectivity index (χ2v) is 8.03. The van der Waals surface area contributed by atoms with E-state index in [1.54, 1.807) is 0 Å². The van der Waals surface area contributed by atoms with Crippen molar-refractivity contribution in [3.8, 4) is 11.1 Å². The number of carboxylic acid groups (broad SMARTS) is 1. The summed E-state index contributed by atoms with van der Waals surface area (Å²) < 4.78 is 5.04. The van der Waals surface area contributed by atoms with Gasteiger partial charge in [-0.15, -0.1) is 0 Å². The molecule has 0 spiro atoms. The molecule has 0 saturated carbocycles. The first-order valence-electron chi connectivity index (χ1n) is 11.2. The average molecular weight is 477 g/mol. The van der Waals surface area contributed by atoms with E-state index in [1.165, 1.54) is 0 Å². The highest BCUT2D eigenvalue weighted by Gasteiger charge is 2.22. The zero-order valence-corrected chi connectivity index (χ0v) is 19.1. The topological polar surface area (TPSA) is 125 Å². The van der Waals surface area contributed by atoms with Crippen LogP contribution in [0.4, 0.5) is 4.79 Å². The number of amides is 2. The molecule has 0 fully saturated rings.